The smallest absolute Gasteiger partial charge is 0.317 e. The first-order valence-corrected chi connectivity index (χ1v) is 10.8. The molecule has 30 heavy (non-hydrogen) atoms. The van der Waals surface area contributed by atoms with E-state index in [0.29, 0.717) is 19.4 Å². The van der Waals surface area contributed by atoms with Crippen molar-refractivity contribution < 1.29 is 13.9 Å². The van der Waals surface area contributed by atoms with Gasteiger partial charge in [-0.05, 0) is 77.8 Å². The van der Waals surface area contributed by atoms with Crippen molar-refractivity contribution in [3.8, 4) is 11.1 Å². The Morgan fingerprint density at radius 3 is 2.73 bits per heavy atom. The quantitative estimate of drug-likeness (QED) is 0.476. The van der Waals surface area contributed by atoms with Crippen molar-refractivity contribution in [3.63, 3.8) is 0 Å². The van der Waals surface area contributed by atoms with Crippen LogP contribution in [-0.2, 0) is 34.2 Å². The van der Waals surface area contributed by atoms with Gasteiger partial charge in [0.15, 0.2) is 0 Å². The lowest BCUT2D eigenvalue weighted by Gasteiger charge is -2.38. The first kappa shape index (κ1) is 19.2. The number of halogens is 1. The van der Waals surface area contributed by atoms with Crippen LogP contribution < -0.4 is 0 Å². The van der Waals surface area contributed by atoms with Gasteiger partial charge in [0.25, 0.3) is 0 Å². The monoisotopic (exact) mass is 418 g/mol. The molecule has 2 aromatic carbocycles. The van der Waals surface area contributed by atoms with Gasteiger partial charge in [0.05, 0.1) is 12.9 Å². The summed E-state index contributed by atoms with van der Waals surface area (Å²) in [7, 11) is 0. The van der Waals surface area contributed by atoms with Crippen LogP contribution in [0, 0.1) is 0 Å². The fourth-order valence-corrected chi connectivity index (χ4v) is 5.35. The molecule has 3 aromatic rings. The summed E-state index contributed by atoms with van der Waals surface area (Å²) < 4.78 is 11.3. The highest BCUT2D eigenvalue weighted by atomic mass is 35.5. The van der Waals surface area contributed by atoms with Gasteiger partial charge in [-0.25, -0.2) is 0 Å². The molecule has 0 saturated heterocycles. The number of esters is 1. The van der Waals surface area contributed by atoms with Crippen molar-refractivity contribution >= 4 is 23.6 Å². The van der Waals surface area contributed by atoms with E-state index in [1.165, 1.54) is 16.7 Å². The molecule has 3 nitrogen and oxygen atoms in total. The number of hydrogen-bond acceptors (Lipinski definition) is 3. The molecule has 0 aliphatic heterocycles. The molecule has 0 N–H and O–H groups in total. The fraction of sp³-hybridized carbons (Fsp3) is 0.269. The number of rotatable bonds is 4. The van der Waals surface area contributed by atoms with Crippen molar-refractivity contribution in [2.75, 3.05) is 6.61 Å². The molecule has 2 aliphatic carbocycles. The summed E-state index contributed by atoms with van der Waals surface area (Å²) >= 11 is 6.50. The number of carbonyl (C=O) groups is 1. The summed E-state index contributed by atoms with van der Waals surface area (Å²) in [6.07, 6.45) is 8.66. The second-order valence-electron chi connectivity index (χ2n) is 7.99. The molecule has 0 amide bonds. The Kier molecular flexibility index (Phi) is 4.79. The molecule has 1 atom stereocenters. The van der Waals surface area contributed by atoms with Crippen LogP contribution in [0.2, 0.25) is 5.02 Å². The molecule has 1 aromatic heterocycles. The Bertz CT molecular complexity index is 1140. The zero-order valence-electron chi connectivity index (χ0n) is 16.9. The molecule has 152 valence electrons. The van der Waals surface area contributed by atoms with E-state index in [1.807, 2.05) is 31.2 Å². The van der Waals surface area contributed by atoms with E-state index in [0.717, 1.165) is 40.3 Å². The Labute approximate surface area is 181 Å². The maximum absolute atomic E-state index is 13.5. The Morgan fingerprint density at radius 2 is 1.93 bits per heavy atom. The predicted molar refractivity (Wildman–Crippen MR) is 119 cm³/mol. The van der Waals surface area contributed by atoms with E-state index >= 15 is 0 Å². The van der Waals surface area contributed by atoms with Crippen LogP contribution in [0.5, 0.6) is 0 Å². The number of carbonyl (C=O) groups excluding carboxylic acids is 1. The molecule has 4 heteroatoms. The molecule has 0 radical (unpaired) electrons. The molecule has 5 rings (SSSR count). The summed E-state index contributed by atoms with van der Waals surface area (Å²) in [5.74, 6) is 0.610. The largest absolute Gasteiger partial charge is 0.469 e. The van der Waals surface area contributed by atoms with Gasteiger partial charge in [-0.15, -0.1) is 0 Å². The average Bonchev–Trinajstić information content (AvgIpc) is 3.26. The van der Waals surface area contributed by atoms with Crippen molar-refractivity contribution in [2.24, 2.45) is 0 Å². The number of furan rings is 1. The van der Waals surface area contributed by atoms with E-state index in [4.69, 9.17) is 20.8 Å². The number of benzene rings is 2. The van der Waals surface area contributed by atoms with E-state index in [-0.39, 0.29) is 5.97 Å². The third kappa shape index (κ3) is 2.92. The Hall–Kier alpha value is -2.78. The van der Waals surface area contributed by atoms with Gasteiger partial charge in [0, 0.05) is 11.4 Å². The normalized spacial score (nSPS) is 19.0. The Morgan fingerprint density at radius 1 is 1.10 bits per heavy atom. The molecular formula is C26H23ClO3. The van der Waals surface area contributed by atoms with E-state index in [1.54, 1.807) is 6.26 Å². The summed E-state index contributed by atoms with van der Waals surface area (Å²) in [4.78, 5) is 13.5. The van der Waals surface area contributed by atoms with E-state index in [2.05, 4.69) is 30.4 Å². The molecule has 0 spiro atoms. The van der Waals surface area contributed by atoms with Crippen molar-refractivity contribution in [2.45, 2.75) is 38.0 Å². The second-order valence-corrected chi connectivity index (χ2v) is 8.39. The first-order chi connectivity index (χ1) is 14.6. The molecule has 1 unspecified atom stereocenters. The van der Waals surface area contributed by atoms with Crippen molar-refractivity contribution in [3.05, 3.63) is 87.8 Å². The van der Waals surface area contributed by atoms with Gasteiger partial charge in [-0.3, -0.25) is 4.79 Å². The highest BCUT2D eigenvalue weighted by Gasteiger charge is 2.46. The summed E-state index contributed by atoms with van der Waals surface area (Å²) in [6.45, 7) is 2.21. The molecule has 0 fully saturated rings. The highest BCUT2D eigenvalue weighted by Crippen LogP contribution is 2.47. The van der Waals surface area contributed by atoms with Crippen molar-refractivity contribution in [1.82, 2.24) is 0 Å². The SMILES string of the molecule is CCOC(=O)C1(Cc2ccco2)CC=Cc2ccc3c(c21)CCc1c(Cl)cccc1-3. The second kappa shape index (κ2) is 7.48. The van der Waals surface area contributed by atoms with Gasteiger partial charge >= 0.3 is 5.97 Å². The lowest BCUT2D eigenvalue weighted by Crippen LogP contribution is -2.42. The van der Waals surface area contributed by atoms with Gasteiger partial charge in [0.1, 0.15) is 11.2 Å². The topological polar surface area (TPSA) is 39.4 Å². The zero-order valence-corrected chi connectivity index (χ0v) is 17.7. The summed E-state index contributed by atoms with van der Waals surface area (Å²) in [6, 6.07) is 14.2. The number of hydrogen-bond donors (Lipinski definition) is 0. The molecule has 1 heterocycles. The number of fused-ring (bicyclic) bond motifs is 5. The maximum Gasteiger partial charge on any atom is 0.317 e. The third-order valence-corrected chi connectivity index (χ3v) is 6.70. The van der Waals surface area contributed by atoms with Crippen LogP contribution in [0.1, 0.15) is 41.4 Å². The van der Waals surface area contributed by atoms with Gasteiger partial charge in [0.2, 0.25) is 0 Å². The van der Waals surface area contributed by atoms with Crippen LogP contribution in [0.3, 0.4) is 0 Å². The van der Waals surface area contributed by atoms with Crippen LogP contribution in [0.15, 0.2) is 59.2 Å². The van der Waals surface area contributed by atoms with Crippen LogP contribution in [0.25, 0.3) is 17.2 Å². The Balaban J connectivity index is 1.75. The van der Waals surface area contributed by atoms with E-state index < -0.39 is 5.41 Å². The highest BCUT2D eigenvalue weighted by molar-refractivity contribution is 6.31. The minimum atomic E-state index is -0.792. The zero-order chi connectivity index (χ0) is 20.7. The van der Waals surface area contributed by atoms with Crippen molar-refractivity contribution in [1.29, 1.82) is 0 Å². The minimum absolute atomic E-state index is 0.183. The lowest BCUT2D eigenvalue weighted by molar-refractivity contribution is -0.150. The average molecular weight is 419 g/mol. The summed E-state index contributed by atoms with van der Waals surface area (Å²) in [5.41, 5.74) is 6.13. The molecule has 0 saturated carbocycles. The minimum Gasteiger partial charge on any atom is -0.469 e. The predicted octanol–water partition coefficient (Wildman–Crippen LogP) is 6.16. The summed E-state index contributed by atoms with van der Waals surface area (Å²) in [5, 5.41) is 0.808. The van der Waals surface area contributed by atoms with Gasteiger partial charge < -0.3 is 9.15 Å². The molecular weight excluding hydrogens is 396 g/mol. The maximum atomic E-state index is 13.5. The first-order valence-electron chi connectivity index (χ1n) is 10.4. The molecule has 0 bridgehead atoms. The third-order valence-electron chi connectivity index (χ3n) is 6.34. The van der Waals surface area contributed by atoms with Crippen LogP contribution in [-0.4, -0.2) is 12.6 Å². The van der Waals surface area contributed by atoms with E-state index in [9.17, 15) is 4.79 Å². The fourth-order valence-electron chi connectivity index (χ4n) is 5.08. The number of ether oxygens (including phenoxy) is 1. The van der Waals surface area contributed by atoms with Crippen LogP contribution >= 0.6 is 11.6 Å². The number of allylic oxidation sites excluding steroid dienone is 1. The van der Waals surface area contributed by atoms with Gasteiger partial charge in [-0.1, -0.05) is 48.0 Å². The van der Waals surface area contributed by atoms with Crippen LogP contribution in [0.4, 0.5) is 0 Å². The standard InChI is InChI=1S/C26H23ClO3/c1-2-29-25(28)26(16-18-7-5-15-30-18)14-4-6-17-10-11-20-19-8-3-9-23(27)21(19)12-13-22(20)24(17)26/h3-11,15H,2,12-14,16H2,1H3. The lowest BCUT2D eigenvalue weighted by atomic mass is 9.65. The molecule has 2 aliphatic rings. The van der Waals surface area contributed by atoms with Gasteiger partial charge in [-0.2, -0.15) is 0 Å².